The van der Waals surface area contributed by atoms with Gasteiger partial charge in [-0.15, -0.1) is 0 Å². The van der Waals surface area contributed by atoms with Gasteiger partial charge in [0.1, 0.15) is 0 Å². The predicted octanol–water partition coefficient (Wildman–Crippen LogP) is 0.429. The Hall–Kier alpha value is -0.940. The minimum atomic E-state index is 0.353. The average molecular weight is 196 g/mol. The molecular weight excluding hydrogens is 180 g/mol. The SMILES string of the molecule is NC1CCCC(NCc2ncon2)C1. The van der Waals surface area contributed by atoms with E-state index in [1.54, 1.807) is 0 Å². The summed E-state index contributed by atoms with van der Waals surface area (Å²) >= 11 is 0. The molecule has 0 saturated heterocycles. The molecule has 1 fully saturated rings. The number of rotatable bonds is 3. The Morgan fingerprint density at radius 2 is 2.50 bits per heavy atom. The minimum absolute atomic E-state index is 0.353. The second-order valence-electron chi connectivity index (χ2n) is 3.85. The zero-order valence-corrected chi connectivity index (χ0v) is 8.15. The number of hydrogen-bond donors (Lipinski definition) is 2. The van der Waals surface area contributed by atoms with Gasteiger partial charge in [-0.05, 0) is 19.3 Å². The fraction of sp³-hybridized carbons (Fsp3) is 0.778. The number of hydrogen-bond acceptors (Lipinski definition) is 5. The predicted molar refractivity (Wildman–Crippen MR) is 51.4 cm³/mol. The highest BCUT2D eigenvalue weighted by atomic mass is 16.5. The van der Waals surface area contributed by atoms with Crippen LogP contribution in [0.3, 0.4) is 0 Å². The van der Waals surface area contributed by atoms with Crippen LogP contribution < -0.4 is 11.1 Å². The van der Waals surface area contributed by atoms with Gasteiger partial charge in [0, 0.05) is 12.1 Å². The summed E-state index contributed by atoms with van der Waals surface area (Å²) in [6.07, 6.45) is 5.97. The summed E-state index contributed by atoms with van der Waals surface area (Å²) in [5.41, 5.74) is 5.88. The summed E-state index contributed by atoms with van der Waals surface area (Å²) in [5.74, 6) is 0.712. The first kappa shape index (κ1) is 9.61. The zero-order chi connectivity index (χ0) is 9.80. The van der Waals surface area contributed by atoms with Gasteiger partial charge in [0.25, 0.3) is 0 Å². The molecule has 1 aliphatic carbocycles. The Balaban J connectivity index is 1.75. The average Bonchev–Trinajstić information content (AvgIpc) is 2.67. The first-order chi connectivity index (χ1) is 6.84. The monoisotopic (exact) mass is 196 g/mol. The summed E-state index contributed by atoms with van der Waals surface area (Å²) in [7, 11) is 0. The van der Waals surface area contributed by atoms with Crippen LogP contribution in [-0.4, -0.2) is 22.2 Å². The Bertz CT molecular complexity index is 262. The third-order valence-corrected chi connectivity index (χ3v) is 2.67. The van der Waals surface area contributed by atoms with Crippen molar-refractivity contribution in [2.45, 2.75) is 44.3 Å². The maximum absolute atomic E-state index is 5.88. The molecule has 1 aromatic rings. The van der Waals surface area contributed by atoms with Gasteiger partial charge >= 0.3 is 0 Å². The van der Waals surface area contributed by atoms with Crippen LogP contribution in [0.2, 0.25) is 0 Å². The maximum Gasteiger partial charge on any atom is 0.213 e. The summed E-state index contributed by atoms with van der Waals surface area (Å²) < 4.78 is 4.65. The van der Waals surface area contributed by atoms with Crippen molar-refractivity contribution in [2.24, 2.45) is 5.73 Å². The molecule has 0 spiro atoms. The molecule has 5 nitrogen and oxygen atoms in total. The van der Waals surface area contributed by atoms with E-state index in [1.165, 1.54) is 19.2 Å². The third-order valence-electron chi connectivity index (χ3n) is 2.67. The standard InChI is InChI=1S/C9H16N4O/c10-7-2-1-3-8(4-7)11-5-9-12-6-14-13-9/h6-8,11H,1-5,10H2. The fourth-order valence-corrected chi connectivity index (χ4v) is 1.92. The number of nitrogens with zero attached hydrogens (tertiary/aromatic N) is 2. The second kappa shape index (κ2) is 4.52. The van der Waals surface area contributed by atoms with E-state index in [-0.39, 0.29) is 0 Å². The molecule has 14 heavy (non-hydrogen) atoms. The molecule has 2 rings (SSSR count). The lowest BCUT2D eigenvalue weighted by molar-refractivity contribution is 0.332. The van der Waals surface area contributed by atoms with E-state index in [2.05, 4.69) is 20.0 Å². The van der Waals surface area contributed by atoms with E-state index in [1.807, 2.05) is 0 Å². The Labute approximate surface area is 83.1 Å². The molecule has 1 aliphatic rings. The van der Waals surface area contributed by atoms with Gasteiger partial charge in [0.05, 0.1) is 6.54 Å². The Morgan fingerprint density at radius 1 is 1.57 bits per heavy atom. The minimum Gasteiger partial charge on any atom is -0.343 e. The van der Waals surface area contributed by atoms with Crippen LogP contribution in [0.4, 0.5) is 0 Å². The molecule has 0 amide bonds. The molecule has 0 radical (unpaired) electrons. The Kier molecular flexibility index (Phi) is 3.10. The van der Waals surface area contributed by atoms with Gasteiger partial charge in [0.15, 0.2) is 5.82 Å². The number of aromatic nitrogens is 2. The first-order valence-electron chi connectivity index (χ1n) is 5.09. The van der Waals surface area contributed by atoms with Crippen molar-refractivity contribution >= 4 is 0 Å². The van der Waals surface area contributed by atoms with Crippen LogP contribution in [0, 0.1) is 0 Å². The molecule has 0 aliphatic heterocycles. The van der Waals surface area contributed by atoms with Gasteiger partial charge in [-0.2, -0.15) is 4.98 Å². The van der Waals surface area contributed by atoms with Crippen molar-refractivity contribution in [1.82, 2.24) is 15.5 Å². The molecule has 0 bridgehead atoms. The maximum atomic E-state index is 5.88. The van der Waals surface area contributed by atoms with Crippen LogP contribution in [0.5, 0.6) is 0 Å². The van der Waals surface area contributed by atoms with E-state index >= 15 is 0 Å². The van der Waals surface area contributed by atoms with Crippen molar-refractivity contribution < 1.29 is 4.52 Å². The quantitative estimate of drug-likeness (QED) is 0.733. The Morgan fingerprint density at radius 3 is 3.21 bits per heavy atom. The first-order valence-corrected chi connectivity index (χ1v) is 5.09. The summed E-state index contributed by atoms with van der Waals surface area (Å²) in [6, 6.07) is 0.865. The smallest absolute Gasteiger partial charge is 0.213 e. The van der Waals surface area contributed by atoms with Crippen molar-refractivity contribution in [3.05, 3.63) is 12.2 Å². The van der Waals surface area contributed by atoms with Crippen LogP contribution >= 0.6 is 0 Å². The lowest BCUT2D eigenvalue weighted by Gasteiger charge is -2.26. The highest BCUT2D eigenvalue weighted by molar-refractivity contribution is 4.83. The largest absolute Gasteiger partial charge is 0.343 e. The second-order valence-corrected chi connectivity index (χ2v) is 3.85. The normalized spacial score (nSPS) is 27.8. The van der Waals surface area contributed by atoms with Gasteiger partial charge < -0.3 is 15.6 Å². The summed E-state index contributed by atoms with van der Waals surface area (Å²) in [4.78, 5) is 3.95. The van der Waals surface area contributed by atoms with Crippen molar-refractivity contribution in [2.75, 3.05) is 0 Å². The fourth-order valence-electron chi connectivity index (χ4n) is 1.92. The molecule has 2 unspecified atom stereocenters. The molecular formula is C9H16N4O. The van der Waals surface area contributed by atoms with E-state index in [0.29, 0.717) is 24.5 Å². The molecule has 1 heterocycles. The van der Waals surface area contributed by atoms with E-state index < -0.39 is 0 Å². The summed E-state index contributed by atoms with van der Waals surface area (Å²) in [5, 5.41) is 7.13. The van der Waals surface area contributed by atoms with E-state index in [9.17, 15) is 0 Å². The van der Waals surface area contributed by atoms with Crippen molar-refractivity contribution in [3.63, 3.8) is 0 Å². The van der Waals surface area contributed by atoms with Gasteiger partial charge in [-0.1, -0.05) is 11.6 Å². The molecule has 1 saturated carbocycles. The van der Waals surface area contributed by atoms with E-state index in [0.717, 1.165) is 12.8 Å². The number of nitrogens with two attached hydrogens (primary N) is 1. The third kappa shape index (κ3) is 2.52. The molecule has 2 atom stereocenters. The van der Waals surface area contributed by atoms with Crippen LogP contribution in [0.25, 0.3) is 0 Å². The van der Waals surface area contributed by atoms with Crippen molar-refractivity contribution in [1.29, 1.82) is 0 Å². The zero-order valence-electron chi connectivity index (χ0n) is 8.15. The highest BCUT2D eigenvalue weighted by Gasteiger charge is 2.18. The van der Waals surface area contributed by atoms with Crippen LogP contribution in [-0.2, 0) is 6.54 Å². The molecule has 1 aromatic heterocycles. The topological polar surface area (TPSA) is 77.0 Å². The van der Waals surface area contributed by atoms with Crippen LogP contribution in [0.1, 0.15) is 31.5 Å². The highest BCUT2D eigenvalue weighted by Crippen LogP contribution is 2.16. The lowest BCUT2D eigenvalue weighted by Crippen LogP contribution is -2.39. The molecule has 3 N–H and O–H groups in total. The van der Waals surface area contributed by atoms with E-state index in [4.69, 9.17) is 5.73 Å². The lowest BCUT2D eigenvalue weighted by atomic mass is 9.92. The number of nitrogens with one attached hydrogen (secondary N) is 1. The van der Waals surface area contributed by atoms with Crippen LogP contribution in [0.15, 0.2) is 10.9 Å². The van der Waals surface area contributed by atoms with Crippen molar-refractivity contribution in [3.8, 4) is 0 Å². The van der Waals surface area contributed by atoms with Gasteiger partial charge in [0.2, 0.25) is 6.39 Å². The molecule has 78 valence electrons. The molecule has 5 heteroatoms. The molecule has 0 aromatic carbocycles. The van der Waals surface area contributed by atoms with Gasteiger partial charge in [-0.3, -0.25) is 0 Å². The van der Waals surface area contributed by atoms with Gasteiger partial charge in [-0.25, -0.2) is 0 Å². The summed E-state index contributed by atoms with van der Waals surface area (Å²) in [6.45, 7) is 0.674.